The minimum Gasteiger partial charge on any atom is -0.508 e. The second-order valence-corrected chi connectivity index (χ2v) is 11.1. The number of carbonyl (C=O) groups is 1. The van der Waals surface area contributed by atoms with E-state index >= 15 is 0 Å². The second-order valence-electron chi connectivity index (χ2n) is 11.1. The van der Waals surface area contributed by atoms with E-state index in [1.807, 2.05) is 0 Å². The Morgan fingerprint density at radius 3 is 2.50 bits per heavy atom. The molecule has 5 aliphatic heterocycles. The van der Waals surface area contributed by atoms with Crippen molar-refractivity contribution in [2.75, 3.05) is 40.8 Å². The van der Waals surface area contributed by atoms with Crippen molar-refractivity contribution in [1.29, 1.82) is 0 Å². The summed E-state index contributed by atoms with van der Waals surface area (Å²) in [5.74, 6) is -3.38. The molecule has 5 aliphatic rings. The van der Waals surface area contributed by atoms with E-state index in [0.717, 1.165) is 6.07 Å². The molecule has 5 heterocycles. The monoisotopic (exact) mass is 632 g/mol. The molecule has 1 unspecified atom stereocenters. The van der Waals surface area contributed by atoms with Crippen LogP contribution in [-0.4, -0.2) is 152 Å². The maximum atomic E-state index is 13.0. The van der Waals surface area contributed by atoms with Gasteiger partial charge in [0.1, 0.15) is 72.7 Å². The fourth-order valence-corrected chi connectivity index (χ4v) is 6.12. The molecule has 0 radical (unpaired) electrons. The van der Waals surface area contributed by atoms with Gasteiger partial charge in [0, 0.05) is 20.3 Å². The molecule has 5 fully saturated rings. The number of esters is 1. The summed E-state index contributed by atoms with van der Waals surface area (Å²) in [6, 6.07) is 2.34. The second kappa shape index (κ2) is 12.5. The fourth-order valence-electron chi connectivity index (χ4n) is 6.12. The number of aliphatic hydroxyl groups excluding tert-OH is 3. The molecule has 13 atom stereocenters. The Morgan fingerprint density at radius 1 is 0.977 bits per heavy atom. The van der Waals surface area contributed by atoms with Crippen LogP contribution < -0.4 is 0 Å². The zero-order valence-electron chi connectivity index (χ0n) is 24.0. The van der Waals surface area contributed by atoms with Crippen LogP contribution in [0.25, 0.3) is 0 Å². The highest BCUT2D eigenvalue weighted by atomic mass is 16.9. The standard InChI is InChI=1S/C27H36O17/c1-10-4-11(28)5-12(29)16(10)24(33)40-14-8-39-27(23-21(14)37-9-38-23)43-15-7-36-25(19(32)20(15)44-27)42-26-22(35-3)18(31)17(30)13(41-26)6-34-2/h4-5,13-15,17-23,25-26,28-32H,6-9H2,1-3H3/t13-,14-,15+,17-,18+,19-,20-,21+,22+,23-,25+,26+,27?/m1/s1. The van der Waals surface area contributed by atoms with Crippen molar-refractivity contribution in [3.63, 3.8) is 0 Å². The van der Waals surface area contributed by atoms with E-state index in [2.05, 4.69) is 0 Å². The third-order valence-electron chi connectivity index (χ3n) is 8.27. The molecule has 1 spiro atoms. The van der Waals surface area contributed by atoms with Gasteiger partial charge in [-0.1, -0.05) is 0 Å². The maximum Gasteiger partial charge on any atom is 0.342 e. The largest absolute Gasteiger partial charge is 0.508 e. The average Bonchev–Trinajstić information content (AvgIpc) is 3.62. The number of rotatable bonds is 7. The maximum absolute atomic E-state index is 13.0. The third kappa shape index (κ3) is 5.55. The summed E-state index contributed by atoms with van der Waals surface area (Å²) in [6.07, 6.45) is -13.6. The van der Waals surface area contributed by atoms with E-state index in [1.54, 1.807) is 0 Å². The number of methoxy groups -OCH3 is 2. The van der Waals surface area contributed by atoms with Gasteiger partial charge in [0.15, 0.2) is 24.8 Å². The van der Waals surface area contributed by atoms with Crippen molar-refractivity contribution in [3.05, 3.63) is 23.3 Å². The van der Waals surface area contributed by atoms with E-state index in [1.165, 1.54) is 27.2 Å². The average molecular weight is 633 g/mol. The lowest BCUT2D eigenvalue weighted by Crippen LogP contribution is -2.62. The van der Waals surface area contributed by atoms with Crippen LogP contribution in [0.5, 0.6) is 11.5 Å². The van der Waals surface area contributed by atoms with E-state index in [4.69, 9.17) is 52.1 Å². The van der Waals surface area contributed by atoms with Crippen molar-refractivity contribution >= 4 is 5.97 Å². The van der Waals surface area contributed by atoms with Crippen molar-refractivity contribution in [3.8, 4) is 11.5 Å². The molecular weight excluding hydrogens is 596 g/mol. The molecule has 44 heavy (non-hydrogen) atoms. The van der Waals surface area contributed by atoms with Gasteiger partial charge in [-0.2, -0.15) is 0 Å². The molecule has 6 rings (SSSR count). The lowest BCUT2D eigenvalue weighted by atomic mass is 9.99. The Kier molecular flexibility index (Phi) is 9.03. The van der Waals surface area contributed by atoms with Crippen LogP contribution in [0, 0.1) is 6.92 Å². The van der Waals surface area contributed by atoms with E-state index in [9.17, 15) is 30.3 Å². The molecule has 5 N–H and O–H groups in total. The zero-order chi connectivity index (χ0) is 31.3. The van der Waals surface area contributed by atoms with Gasteiger partial charge in [0.25, 0.3) is 0 Å². The number of aromatic hydroxyl groups is 2. The normalized spacial score (nSPS) is 43.5. The summed E-state index contributed by atoms with van der Waals surface area (Å²) < 4.78 is 62.9. The van der Waals surface area contributed by atoms with Crippen LogP contribution >= 0.6 is 0 Å². The van der Waals surface area contributed by atoms with E-state index in [0.29, 0.717) is 5.56 Å². The third-order valence-corrected chi connectivity index (χ3v) is 8.27. The minimum absolute atomic E-state index is 0.0409. The van der Waals surface area contributed by atoms with Gasteiger partial charge < -0.3 is 77.6 Å². The molecule has 1 aromatic rings. The fraction of sp³-hybridized carbons (Fsp3) is 0.741. The van der Waals surface area contributed by atoms with Gasteiger partial charge in [0.2, 0.25) is 0 Å². The topological polar surface area (TPSA) is 220 Å². The number of hydrogen-bond donors (Lipinski definition) is 5. The molecule has 1 aromatic carbocycles. The minimum atomic E-state index is -1.85. The van der Waals surface area contributed by atoms with Crippen LogP contribution in [0.3, 0.4) is 0 Å². The zero-order valence-corrected chi connectivity index (χ0v) is 24.0. The first kappa shape index (κ1) is 31.7. The first-order valence-corrected chi connectivity index (χ1v) is 14.0. The van der Waals surface area contributed by atoms with Crippen LogP contribution in [-0.2, 0) is 52.1 Å². The van der Waals surface area contributed by atoms with Crippen molar-refractivity contribution in [1.82, 2.24) is 0 Å². The van der Waals surface area contributed by atoms with Crippen LogP contribution in [0.1, 0.15) is 15.9 Å². The number of benzene rings is 1. The molecule has 0 aromatic heterocycles. The highest BCUT2D eigenvalue weighted by molar-refractivity contribution is 5.94. The summed E-state index contributed by atoms with van der Waals surface area (Å²) >= 11 is 0. The molecule has 5 saturated heterocycles. The Bertz CT molecular complexity index is 1170. The number of aliphatic hydroxyl groups is 3. The Hall–Kier alpha value is -2.23. The summed E-state index contributed by atoms with van der Waals surface area (Å²) in [6.45, 7) is 0.938. The number of carbonyl (C=O) groups excluding carboxylic acids is 1. The van der Waals surface area contributed by atoms with Crippen LogP contribution in [0.2, 0.25) is 0 Å². The highest BCUT2D eigenvalue weighted by Gasteiger charge is 2.66. The Labute approximate surface area is 250 Å². The summed E-state index contributed by atoms with van der Waals surface area (Å²) in [5.41, 5.74) is 0.172. The molecule has 0 bridgehead atoms. The van der Waals surface area contributed by atoms with Crippen LogP contribution in [0.4, 0.5) is 0 Å². The first-order chi connectivity index (χ1) is 21.1. The number of aryl methyl sites for hydroxylation is 1. The van der Waals surface area contributed by atoms with Gasteiger partial charge in [-0.25, -0.2) is 4.79 Å². The quantitative estimate of drug-likeness (QED) is 0.205. The smallest absolute Gasteiger partial charge is 0.342 e. The Morgan fingerprint density at radius 2 is 1.77 bits per heavy atom. The van der Waals surface area contributed by atoms with E-state index in [-0.39, 0.29) is 37.9 Å². The predicted octanol–water partition coefficient (Wildman–Crippen LogP) is -2.02. The number of phenolic OH excluding ortho intramolecular Hbond substituents is 2. The highest BCUT2D eigenvalue weighted by Crippen LogP contribution is 2.45. The van der Waals surface area contributed by atoms with Crippen molar-refractivity contribution in [2.24, 2.45) is 0 Å². The molecule has 0 aliphatic carbocycles. The van der Waals surface area contributed by atoms with Crippen molar-refractivity contribution < 1.29 is 82.4 Å². The number of hydrogen-bond acceptors (Lipinski definition) is 17. The molecule has 0 saturated carbocycles. The molecular formula is C27H36O17. The number of ether oxygens (including phenoxy) is 11. The lowest BCUT2D eigenvalue weighted by molar-refractivity contribution is -0.405. The number of fused-ring (bicyclic) bond motifs is 3. The Balaban J connectivity index is 1.13. The van der Waals surface area contributed by atoms with E-state index < -0.39 is 91.3 Å². The van der Waals surface area contributed by atoms with Gasteiger partial charge in [-0.15, -0.1) is 0 Å². The molecule has 0 amide bonds. The van der Waals surface area contributed by atoms with Crippen LogP contribution in [0.15, 0.2) is 12.1 Å². The first-order valence-electron chi connectivity index (χ1n) is 14.0. The molecule has 246 valence electrons. The lowest BCUT2D eigenvalue weighted by Gasteiger charge is -2.44. The van der Waals surface area contributed by atoms with Gasteiger partial charge >= 0.3 is 11.9 Å². The number of phenols is 2. The molecule has 17 heteroatoms. The SMILES string of the molecule is COC[C@H]1O[C@@H](O[C@@H]2OC[C@@H]3OC4(OC[C@@H](OC(=O)c5c(C)cc(O)cc5O)[C@@H]5OCO[C@H]54)O[C@H]3[C@H]2O)[C@@H](OC)[C@@H](O)[C@@H]1O. The predicted molar refractivity (Wildman–Crippen MR) is 137 cm³/mol. The summed E-state index contributed by atoms with van der Waals surface area (Å²) in [4.78, 5) is 13.0. The summed E-state index contributed by atoms with van der Waals surface area (Å²) in [5, 5.41) is 52.0. The van der Waals surface area contributed by atoms with Gasteiger partial charge in [-0.3, -0.25) is 0 Å². The van der Waals surface area contributed by atoms with Crippen molar-refractivity contribution in [2.45, 2.75) is 86.5 Å². The van der Waals surface area contributed by atoms with Gasteiger partial charge in [-0.05, 0) is 18.6 Å². The van der Waals surface area contributed by atoms with Gasteiger partial charge in [0.05, 0.1) is 19.8 Å². The molecule has 17 nitrogen and oxygen atoms in total. The summed E-state index contributed by atoms with van der Waals surface area (Å²) in [7, 11) is 2.72.